The van der Waals surface area contributed by atoms with Crippen LogP contribution in [0.4, 0.5) is 0 Å². The zero-order chi connectivity index (χ0) is 15.9. The normalized spacial score (nSPS) is 21.1. The number of carbonyl (C=O) groups is 2. The highest BCUT2D eigenvalue weighted by Crippen LogP contribution is 2.28. The van der Waals surface area contributed by atoms with Gasteiger partial charge in [0.25, 0.3) is 0 Å². The molecule has 0 saturated heterocycles. The van der Waals surface area contributed by atoms with Crippen molar-refractivity contribution in [1.82, 2.24) is 5.32 Å². The molecular weight excluding hydrogens is 306 g/mol. The summed E-state index contributed by atoms with van der Waals surface area (Å²) in [4.78, 5) is 22.9. The van der Waals surface area contributed by atoms with E-state index in [4.69, 9.17) is 21.4 Å². The number of nitrogens with one attached hydrogen (secondary N) is 1. The second kappa shape index (κ2) is 8.03. The molecule has 1 amide bonds. The third kappa shape index (κ3) is 4.91. The van der Waals surface area contributed by atoms with Crippen LogP contribution >= 0.6 is 11.6 Å². The van der Waals surface area contributed by atoms with Gasteiger partial charge in [0.05, 0.1) is 12.5 Å². The Kier molecular flexibility index (Phi) is 6.07. The summed E-state index contributed by atoms with van der Waals surface area (Å²) in [5.74, 6) is -0.428. The van der Waals surface area contributed by atoms with E-state index in [1.54, 1.807) is 24.3 Å². The first-order valence-corrected chi connectivity index (χ1v) is 7.83. The van der Waals surface area contributed by atoms with Gasteiger partial charge in [-0.2, -0.15) is 0 Å². The van der Waals surface area contributed by atoms with Crippen LogP contribution in [-0.2, 0) is 9.59 Å². The molecule has 1 aromatic carbocycles. The number of carboxylic acid groups (broad SMARTS) is 1. The molecule has 120 valence electrons. The summed E-state index contributed by atoms with van der Waals surface area (Å²) < 4.78 is 5.50. The van der Waals surface area contributed by atoms with Crippen LogP contribution in [0.1, 0.15) is 25.7 Å². The maximum absolute atomic E-state index is 12.0. The van der Waals surface area contributed by atoms with E-state index in [1.165, 1.54) is 0 Å². The fourth-order valence-electron chi connectivity index (χ4n) is 2.62. The number of carbonyl (C=O) groups excluding carboxylic acids is 1. The van der Waals surface area contributed by atoms with Crippen molar-refractivity contribution in [3.05, 3.63) is 29.3 Å². The molecule has 2 N–H and O–H groups in total. The van der Waals surface area contributed by atoms with Gasteiger partial charge >= 0.3 is 5.97 Å². The summed E-state index contributed by atoms with van der Waals surface area (Å²) in [5, 5.41) is 12.4. The molecule has 1 saturated carbocycles. The first-order valence-electron chi connectivity index (χ1n) is 7.45. The molecule has 0 aliphatic heterocycles. The van der Waals surface area contributed by atoms with Crippen molar-refractivity contribution in [3.8, 4) is 5.75 Å². The topological polar surface area (TPSA) is 75.6 Å². The summed E-state index contributed by atoms with van der Waals surface area (Å²) >= 11 is 5.78. The summed E-state index contributed by atoms with van der Waals surface area (Å²) in [6, 6.07) is 7.04. The van der Waals surface area contributed by atoms with Crippen LogP contribution in [0, 0.1) is 11.8 Å². The Labute approximate surface area is 134 Å². The van der Waals surface area contributed by atoms with Crippen LogP contribution < -0.4 is 10.1 Å². The third-order valence-corrected chi connectivity index (χ3v) is 4.18. The number of amides is 1. The second-order valence-electron chi connectivity index (χ2n) is 5.48. The van der Waals surface area contributed by atoms with Gasteiger partial charge in [0.1, 0.15) is 12.4 Å². The van der Waals surface area contributed by atoms with E-state index in [1.807, 2.05) is 0 Å². The number of rotatable bonds is 6. The standard InChI is InChI=1S/C16H20ClNO4/c17-13-5-7-14(8-6-13)22-10-9-18-15(19)11-1-3-12(4-2-11)16(20)21/h5-8,11-12H,1-4,9-10H2,(H,18,19)(H,20,21). The smallest absolute Gasteiger partial charge is 0.306 e. The SMILES string of the molecule is O=C(O)C1CCC(C(=O)NCCOc2ccc(Cl)cc2)CC1. The van der Waals surface area contributed by atoms with Gasteiger partial charge in [-0.25, -0.2) is 0 Å². The molecule has 0 heterocycles. The van der Waals surface area contributed by atoms with Crippen molar-refractivity contribution in [2.45, 2.75) is 25.7 Å². The molecule has 1 fully saturated rings. The molecule has 6 heteroatoms. The fraction of sp³-hybridized carbons (Fsp3) is 0.500. The largest absolute Gasteiger partial charge is 0.492 e. The molecule has 1 aromatic rings. The minimum atomic E-state index is -0.754. The van der Waals surface area contributed by atoms with Crippen molar-refractivity contribution in [1.29, 1.82) is 0 Å². The Bertz CT molecular complexity index is 509. The van der Waals surface area contributed by atoms with Crippen LogP contribution in [0.2, 0.25) is 5.02 Å². The predicted octanol–water partition coefficient (Wildman–Crippen LogP) is 2.73. The molecule has 0 unspecified atom stereocenters. The fourth-order valence-corrected chi connectivity index (χ4v) is 2.75. The van der Waals surface area contributed by atoms with Crippen molar-refractivity contribution < 1.29 is 19.4 Å². The average molecular weight is 326 g/mol. The maximum Gasteiger partial charge on any atom is 0.306 e. The number of halogens is 1. The van der Waals surface area contributed by atoms with Gasteiger partial charge in [0.15, 0.2) is 0 Å². The van der Waals surface area contributed by atoms with E-state index in [0.717, 1.165) is 0 Å². The number of hydrogen-bond acceptors (Lipinski definition) is 3. The highest BCUT2D eigenvalue weighted by molar-refractivity contribution is 6.30. The number of carboxylic acids is 1. The minimum absolute atomic E-state index is 0.0106. The molecule has 0 bridgehead atoms. The zero-order valence-electron chi connectivity index (χ0n) is 12.3. The van der Waals surface area contributed by atoms with Gasteiger partial charge in [0.2, 0.25) is 5.91 Å². The molecular formula is C16H20ClNO4. The lowest BCUT2D eigenvalue weighted by atomic mass is 9.81. The van der Waals surface area contributed by atoms with Crippen molar-refractivity contribution in [2.24, 2.45) is 11.8 Å². The third-order valence-electron chi connectivity index (χ3n) is 3.93. The van der Waals surface area contributed by atoms with Gasteiger partial charge in [-0.1, -0.05) is 11.6 Å². The van der Waals surface area contributed by atoms with E-state index >= 15 is 0 Å². The zero-order valence-corrected chi connectivity index (χ0v) is 13.0. The number of hydrogen-bond donors (Lipinski definition) is 2. The number of aliphatic carboxylic acids is 1. The van der Waals surface area contributed by atoms with E-state index in [9.17, 15) is 9.59 Å². The van der Waals surface area contributed by atoms with Crippen LogP contribution in [0.3, 0.4) is 0 Å². The lowest BCUT2D eigenvalue weighted by Crippen LogP contribution is -2.36. The van der Waals surface area contributed by atoms with Crippen molar-refractivity contribution >= 4 is 23.5 Å². The Morgan fingerprint density at radius 3 is 2.32 bits per heavy atom. The molecule has 1 aliphatic rings. The van der Waals surface area contributed by atoms with Gasteiger partial charge in [0, 0.05) is 10.9 Å². The lowest BCUT2D eigenvalue weighted by Gasteiger charge is -2.25. The summed E-state index contributed by atoms with van der Waals surface area (Å²) in [7, 11) is 0. The first-order chi connectivity index (χ1) is 10.6. The van der Waals surface area contributed by atoms with Crippen LogP contribution in [0.25, 0.3) is 0 Å². The van der Waals surface area contributed by atoms with Gasteiger partial charge in [-0.15, -0.1) is 0 Å². The first kappa shape index (κ1) is 16.6. The number of benzene rings is 1. The highest BCUT2D eigenvalue weighted by atomic mass is 35.5. The Hall–Kier alpha value is -1.75. The van der Waals surface area contributed by atoms with Crippen LogP contribution in [0.5, 0.6) is 5.75 Å². The monoisotopic (exact) mass is 325 g/mol. The Morgan fingerprint density at radius 1 is 1.14 bits per heavy atom. The molecule has 0 radical (unpaired) electrons. The Morgan fingerprint density at radius 2 is 1.73 bits per heavy atom. The Balaban J connectivity index is 1.64. The van der Waals surface area contributed by atoms with E-state index in [-0.39, 0.29) is 17.7 Å². The number of ether oxygens (including phenoxy) is 1. The molecule has 1 aliphatic carbocycles. The molecule has 0 atom stereocenters. The van der Waals surface area contributed by atoms with Crippen LogP contribution in [0.15, 0.2) is 24.3 Å². The quantitative estimate of drug-likeness (QED) is 0.788. The van der Waals surface area contributed by atoms with Gasteiger partial charge < -0.3 is 15.2 Å². The van der Waals surface area contributed by atoms with E-state index < -0.39 is 5.97 Å². The van der Waals surface area contributed by atoms with Crippen molar-refractivity contribution in [2.75, 3.05) is 13.2 Å². The van der Waals surface area contributed by atoms with E-state index in [0.29, 0.717) is 49.6 Å². The lowest BCUT2D eigenvalue weighted by molar-refractivity contribution is -0.144. The molecule has 5 nitrogen and oxygen atoms in total. The average Bonchev–Trinajstić information content (AvgIpc) is 2.53. The van der Waals surface area contributed by atoms with E-state index in [2.05, 4.69) is 5.32 Å². The van der Waals surface area contributed by atoms with Crippen molar-refractivity contribution in [3.63, 3.8) is 0 Å². The minimum Gasteiger partial charge on any atom is -0.492 e. The highest BCUT2D eigenvalue weighted by Gasteiger charge is 2.29. The van der Waals surface area contributed by atoms with Gasteiger partial charge in [-0.05, 0) is 49.9 Å². The molecule has 2 rings (SSSR count). The summed E-state index contributed by atoms with van der Waals surface area (Å²) in [6.45, 7) is 0.818. The summed E-state index contributed by atoms with van der Waals surface area (Å²) in [6.07, 6.45) is 2.44. The molecule has 0 spiro atoms. The molecule has 22 heavy (non-hydrogen) atoms. The predicted molar refractivity (Wildman–Crippen MR) is 83.0 cm³/mol. The summed E-state index contributed by atoms with van der Waals surface area (Å²) in [5.41, 5.74) is 0. The maximum atomic E-state index is 12.0. The molecule has 0 aromatic heterocycles. The van der Waals surface area contributed by atoms with Crippen LogP contribution in [-0.4, -0.2) is 30.1 Å². The second-order valence-corrected chi connectivity index (χ2v) is 5.92. The van der Waals surface area contributed by atoms with Gasteiger partial charge in [-0.3, -0.25) is 9.59 Å².